The largest absolute Gasteiger partial charge is 0.333 e. The second kappa shape index (κ2) is 7.27. The summed E-state index contributed by atoms with van der Waals surface area (Å²) in [7, 11) is 0. The fourth-order valence-electron chi connectivity index (χ4n) is 3.84. The van der Waals surface area contributed by atoms with Crippen LogP contribution in [-0.2, 0) is 6.54 Å². The number of hydrogen-bond donors (Lipinski definition) is 1. The van der Waals surface area contributed by atoms with Gasteiger partial charge in [-0.2, -0.15) is 0 Å². The van der Waals surface area contributed by atoms with Crippen LogP contribution in [0.1, 0.15) is 37.3 Å². The van der Waals surface area contributed by atoms with Crippen LogP contribution in [0.2, 0.25) is 0 Å². The van der Waals surface area contributed by atoms with E-state index in [0.29, 0.717) is 31.2 Å². The first kappa shape index (κ1) is 18.5. The van der Waals surface area contributed by atoms with E-state index < -0.39 is 17.1 Å². The molecule has 3 aromatic rings. The molecule has 1 fully saturated rings. The molecular formula is C20H20F2N4O2. The summed E-state index contributed by atoms with van der Waals surface area (Å²) in [5.74, 6) is -1.03. The first-order chi connectivity index (χ1) is 13.4. The van der Waals surface area contributed by atoms with Gasteiger partial charge in [0.05, 0.1) is 18.1 Å². The first-order valence-electron chi connectivity index (χ1n) is 9.24. The Bertz CT molecular complexity index is 1130. The first-order valence-corrected chi connectivity index (χ1v) is 9.24. The fourth-order valence-corrected chi connectivity index (χ4v) is 3.84. The van der Waals surface area contributed by atoms with Crippen LogP contribution >= 0.6 is 0 Å². The minimum Gasteiger partial charge on any atom is -0.328 e. The second-order valence-corrected chi connectivity index (χ2v) is 7.26. The molecule has 1 saturated carbocycles. The van der Waals surface area contributed by atoms with Crippen molar-refractivity contribution in [3.05, 3.63) is 74.6 Å². The molecule has 1 aliphatic carbocycles. The van der Waals surface area contributed by atoms with Crippen molar-refractivity contribution in [3.63, 3.8) is 0 Å². The quantitative estimate of drug-likeness (QED) is 0.749. The van der Waals surface area contributed by atoms with E-state index >= 15 is 0 Å². The number of rotatable bonds is 3. The van der Waals surface area contributed by atoms with Crippen molar-refractivity contribution in [1.82, 2.24) is 14.1 Å². The minimum atomic E-state index is -0.645. The number of aromatic nitrogens is 3. The van der Waals surface area contributed by atoms with E-state index in [1.807, 2.05) is 0 Å². The van der Waals surface area contributed by atoms with Gasteiger partial charge in [0.2, 0.25) is 0 Å². The van der Waals surface area contributed by atoms with E-state index in [0.717, 1.165) is 12.3 Å². The number of hydrogen-bond acceptors (Lipinski definition) is 4. The lowest BCUT2D eigenvalue weighted by Crippen LogP contribution is -2.44. The Balaban J connectivity index is 1.91. The molecule has 146 valence electrons. The molecule has 0 bridgehead atoms. The van der Waals surface area contributed by atoms with Gasteiger partial charge in [0.25, 0.3) is 5.56 Å². The molecule has 8 heteroatoms. The molecule has 1 aromatic carbocycles. The van der Waals surface area contributed by atoms with Gasteiger partial charge in [-0.25, -0.2) is 18.6 Å². The molecule has 0 amide bonds. The van der Waals surface area contributed by atoms with Gasteiger partial charge in [-0.15, -0.1) is 0 Å². The van der Waals surface area contributed by atoms with Crippen molar-refractivity contribution < 1.29 is 8.78 Å². The normalized spacial score (nSPS) is 19.8. The number of fused-ring (bicyclic) bond motifs is 1. The van der Waals surface area contributed by atoms with Gasteiger partial charge >= 0.3 is 5.69 Å². The highest BCUT2D eigenvalue weighted by molar-refractivity contribution is 5.73. The molecule has 0 spiro atoms. The monoisotopic (exact) mass is 386 g/mol. The smallest absolute Gasteiger partial charge is 0.328 e. The number of benzene rings is 1. The lowest BCUT2D eigenvalue weighted by atomic mass is 9.91. The van der Waals surface area contributed by atoms with Gasteiger partial charge < -0.3 is 5.73 Å². The van der Waals surface area contributed by atoms with Crippen LogP contribution in [0.3, 0.4) is 0 Å². The number of nitrogens with two attached hydrogens (primary N) is 1. The molecule has 0 unspecified atom stereocenters. The van der Waals surface area contributed by atoms with E-state index in [1.165, 1.54) is 21.3 Å². The van der Waals surface area contributed by atoms with Gasteiger partial charge in [-0.05, 0) is 49.4 Å². The Morgan fingerprint density at radius 3 is 2.39 bits per heavy atom. The summed E-state index contributed by atoms with van der Waals surface area (Å²) in [5.41, 5.74) is 5.70. The van der Waals surface area contributed by atoms with Crippen LogP contribution < -0.4 is 17.0 Å². The van der Waals surface area contributed by atoms with Gasteiger partial charge in [-0.3, -0.25) is 13.9 Å². The lowest BCUT2D eigenvalue weighted by molar-refractivity contribution is 0.307. The maximum atomic E-state index is 13.8. The summed E-state index contributed by atoms with van der Waals surface area (Å²) in [6, 6.07) is 6.61. The van der Waals surface area contributed by atoms with E-state index in [9.17, 15) is 18.4 Å². The van der Waals surface area contributed by atoms with Crippen LogP contribution in [-0.4, -0.2) is 20.2 Å². The van der Waals surface area contributed by atoms with Crippen LogP contribution in [0.4, 0.5) is 8.78 Å². The molecule has 6 nitrogen and oxygen atoms in total. The van der Waals surface area contributed by atoms with Crippen molar-refractivity contribution in [2.24, 2.45) is 5.73 Å². The van der Waals surface area contributed by atoms with E-state index in [-0.39, 0.29) is 35.5 Å². The molecule has 0 atom stereocenters. The zero-order chi connectivity index (χ0) is 19.8. The van der Waals surface area contributed by atoms with Crippen LogP contribution in [0, 0.1) is 11.6 Å². The van der Waals surface area contributed by atoms with Gasteiger partial charge in [0.1, 0.15) is 17.3 Å². The third-order valence-corrected chi connectivity index (χ3v) is 5.34. The summed E-state index contributed by atoms with van der Waals surface area (Å²) in [5, 5.41) is 0.0524. The van der Waals surface area contributed by atoms with E-state index in [1.54, 1.807) is 12.1 Å². The lowest BCUT2D eigenvalue weighted by Gasteiger charge is -2.27. The average Bonchev–Trinajstić information content (AvgIpc) is 2.68. The summed E-state index contributed by atoms with van der Waals surface area (Å²) in [6.45, 7) is 0.0980. The highest BCUT2D eigenvalue weighted by Crippen LogP contribution is 2.26. The molecule has 0 saturated heterocycles. The zero-order valence-corrected chi connectivity index (χ0v) is 15.1. The third-order valence-electron chi connectivity index (χ3n) is 5.34. The predicted molar refractivity (Wildman–Crippen MR) is 101 cm³/mol. The second-order valence-electron chi connectivity index (χ2n) is 7.26. The highest BCUT2D eigenvalue weighted by Gasteiger charge is 2.25. The summed E-state index contributed by atoms with van der Waals surface area (Å²) in [4.78, 5) is 30.2. The maximum absolute atomic E-state index is 13.8. The van der Waals surface area contributed by atoms with Crippen molar-refractivity contribution in [1.29, 1.82) is 0 Å². The predicted octanol–water partition coefficient (Wildman–Crippen LogP) is 2.33. The minimum absolute atomic E-state index is 0.0524. The molecule has 4 rings (SSSR count). The summed E-state index contributed by atoms with van der Waals surface area (Å²) >= 11 is 0. The molecule has 0 radical (unpaired) electrons. The van der Waals surface area contributed by atoms with Crippen molar-refractivity contribution in [3.8, 4) is 0 Å². The van der Waals surface area contributed by atoms with Gasteiger partial charge in [0.15, 0.2) is 0 Å². The summed E-state index contributed by atoms with van der Waals surface area (Å²) < 4.78 is 29.6. The molecule has 28 heavy (non-hydrogen) atoms. The van der Waals surface area contributed by atoms with Crippen LogP contribution in [0.25, 0.3) is 11.0 Å². The Labute approximate surface area is 159 Å². The van der Waals surface area contributed by atoms with Crippen molar-refractivity contribution in [2.75, 3.05) is 0 Å². The number of nitrogens with zero attached hydrogens (tertiary/aromatic N) is 3. The third kappa shape index (κ3) is 3.35. The van der Waals surface area contributed by atoms with E-state index in [2.05, 4.69) is 4.98 Å². The standard InChI is InChI=1S/C20H20F2N4O2/c21-13-3-1-12(2-4-13)11-25-18-17(9-14(22)10-24-18)19(27)26(20(25)28)16-7-5-15(23)6-8-16/h1-4,9-10,15-16H,5-8,11,23H2. The Hall–Kier alpha value is -2.87. The SMILES string of the molecule is NC1CCC(n2c(=O)c3cc(F)cnc3n(Cc3ccc(F)cc3)c2=O)CC1. The molecule has 1 aliphatic rings. The van der Waals surface area contributed by atoms with Gasteiger partial charge in [-0.1, -0.05) is 12.1 Å². The Kier molecular flexibility index (Phi) is 4.80. The van der Waals surface area contributed by atoms with Crippen LogP contribution in [0.5, 0.6) is 0 Å². The molecular weight excluding hydrogens is 366 g/mol. The van der Waals surface area contributed by atoms with Crippen LogP contribution in [0.15, 0.2) is 46.1 Å². The molecule has 2 N–H and O–H groups in total. The zero-order valence-electron chi connectivity index (χ0n) is 15.1. The van der Waals surface area contributed by atoms with E-state index in [4.69, 9.17) is 5.73 Å². The molecule has 2 aromatic heterocycles. The van der Waals surface area contributed by atoms with Gasteiger partial charge in [0, 0.05) is 12.1 Å². The average molecular weight is 386 g/mol. The van der Waals surface area contributed by atoms with Crippen molar-refractivity contribution >= 4 is 11.0 Å². The highest BCUT2D eigenvalue weighted by atomic mass is 19.1. The number of pyridine rings is 1. The topological polar surface area (TPSA) is 82.9 Å². The maximum Gasteiger partial charge on any atom is 0.333 e. The van der Waals surface area contributed by atoms with Crippen molar-refractivity contribution in [2.45, 2.75) is 44.3 Å². The Morgan fingerprint density at radius 2 is 1.71 bits per heavy atom. The molecule has 0 aliphatic heterocycles. The molecule has 2 heterocycles. The fraction of sp³-hybridized carbons (Fsp3) is 0.350. The number of halogens is 2. The summed E-state index contributed by atoms with van der Waals surface area (Å²) in [6.07, 6.45) is 3.64. The Morgan fingerprint density at radius 1 is 1.04 bits per heavy atom.